The summed E-state index contributed by atoms with van der Waals surface area (Å²) in [6.45, 7) is 8.54. The number of benzene rings is 1. The second-order valence-corrected chi connectivity index (χ2v) is 6.48. The van der Waals surface area contributed by atoms with E-state index in [1.165, 1.54) is 42.7 Å². The maximum Gasteiger partial charge on any atom is 0.291 e. The van der Waals surface area contributed by atoms with E-state index in [0.29, 0.717) is 38.1 Å². The van der Waals surface area contributed by atoms with Crippen LogP contribution in [0, 0.1) is 0 Å². The van der Waals surface area contributed by atoms with E-state index in [1.54, 1.807) is 4.90 Å². The zero-order valence-corrected chi connectivity index (χ0v) is 15.7. The van der Waals surface area contributed by atoms with Crippen molar-refractivity contribution in [1.29, 1.82) is 0 Å². The fourth-order valence-electron chi connectivity index (χ4n) is 3.09. The van der Waals surface area contributed by atoms with Gasteiger partial charge in [0.2, 0.25) is 11.7 Å². The number of aromatic nitrogens is 2. The number of carbonyl (C=O) groups excluding carboxylic acids is 2. The molecule has 1 saturated heterocycles. The summed E-state index contributed by atoms with van der Waals surface area (Å²) in [5, 5.41) is 0. The Labute approximate surface area is 167 Å². The molecule has 8 heteroatoms. The first-order valence-corrected chi connectivity index (χ1v) is 9.01. The molecule has 2 heterocycles. The summed E-state index contributed by atoms with van der Waals surface area (Å²) in [6.07, 6.45) is 4.73. The average Bonchev–Trinajstić information content (AvgIpc) is 2.78. The first kappa shape index (κ1) is 20.3. The molecule has 1 amide bonds. The van der Waals surface area contributed by atoms with Crippen LogP contribution in [0.1, 0.15) is 21.6 Å². The third-order valence-corrected chi connectivity index (χ3v) is 4.75. The van der Waals surface area contributed by atoms with Gasteiger partial charge >= 0.3 is 0 Å². The molecular weight excluding hydrogens is 378 g/mol. The fourth-order valence-corrected chi connectivity index (χ4v) is 3.09. The first-order valence-electron chi connectivity index (χ1n) is 9.01. The number of hydrogen-bond acceptors (Lipinski definition) is 5. The van der Waals surface area contributed by atoms with E-state index >= 15 is 0 Å². The molecule has 1 aromatic carbocycles. The van der Waals surface area contributed by atoms with E-state index in [-0.39, 0.29) is 22.7 Å². The Bertz CT molecular complexity index is 936. The van der Waals surface area contributed by atoms with Crippen LogP contribution in [0.4, 0.5) is 14.6 Å². The van der Waals surface area contributed by atoms with Crippen LogP contribution in [-0.2, 0) is 10.7 Å². The van der Waals surface area contributed by atoms with Crippen molar-refractivity contribution in [2.45, 2.75) is 5.92 Å². The van der Waals surface area contributed by atoms with Crippen LogP contribution in [0.25, 0.3) is 0 Å². The molecule has 2 aromatic rings. The van der Waals surface area contributed by atoms with Gasteiger partial charge in [-0.2, -0.15) is 8.78 Å². The highest BCUT2D eigenvalue weighted by molar-refractivity contribution is 6.10. The number of ketones is 1. The topological polar surface area (TPSA) is 66.4 Å². The predicted molar refractivity (Wildman–Crippen MR) is 105 cm³/mol. The fraction of sp³-hybridized carbons (Fsp3) is 0.238. The van der Waals surface area contributed by atoms with Gasteiger partial charge in [-0.05, 0) is 12.2 Å². The van der Waals surface area contributed by atoms with Crippen molar-refractivity contribution in [2.75, 3.05) is 31.1 Å². The highest BCUT2D eigenvalue weighted by Gasteiger charge is 2.28. The molecule has 1 fully saturated rings. The van der Waals surface area contributed by atoms with Gasteiger partial charge in [0.1, 0.15) is 0 Å². The minimum absolute atomic E-state index is 0.138. The second-order valence-electron chi connectivity index (χ2n) is 6.48. The lowest BCUT2D eigenvalue weighted by Gasteiger charge is -2.35. The molecule has 0 saturated carbocycles. The van der Waals surface area contributed by atoms with Crippen LogP contribution in [-0.4, -0.2) is 52.7 Å². The van der Waals surface area contributed by atoms with Gasteiger partial charge in [0, 0.05) is 49.7 Å². The molecule has 1 aliphatic heterocycles. The summed E-state index contributed by atoms with van der Waals surface area (Å²) in [6, 6.07) is 5.08. The van der Waals surface area contributed by atoms with Crippen molar-refractivity contribution >= 4 is 17.5 Å². The lowest BCUT2D eigenvalue weighted by Crippen LogP contribution is -2.49. The average molecular weight is 398 g/mol. The van der Waals surface area contributed by atoms with Crippen LogP contribution in [0.15, 0.2) is 62.0 Å². The lowest BCUT2D eigenvalue weighted by atomic mass is 10.0. The third-order valence-electron chi connectivity index (χ3n) is 4.75. The van der Waals surface area contributed by atoms with Crippen LogP contribution in [0.2, 0.25) is 0 Å². The van der Waals surface area contributed by atoms with Crippen molar-refractivity contribution in [3.05, 3.63) is 78.8 Å². The first-order chi connectivity index (χ1) is 13.9. The van der Waals surface area contributed by atoms with Crippen LogP contribution in [0.3, 0.4) is 0 Å². The molecule has 0 unspecified atom stereocenters. The minimum atomic E-state index is -3.16. The van der Waals surface area contributed by atoms with E-state index in [2.05, 4.69) is 23.1 Å². The quantitative estimate of drug-likeness (QED) is 0.425. The molecule has 0 aliphatic carbocycles. The SMILES string of the molecule is C=CC(=O)N1CCN(c2nccnc2C(=O)c2ccc(C(F)(F)C=C)cc2)CC1. The summed E-state index contributed by atoms with van der Waals surface area (Å²) in [5.41, 5.74) is 0.126. The molecule has 0 radical (unpaired) electrons. The standard InChI is InChI=1S/C21H20F2N4O2/c1-3-17(28)26-11-13-27(14-12-26)20-18(24-9-10-25-20)19(29)15-5-7-16(8-6-15)21(22,23)4-2/h3-10H,1-2,11-14H2. The number of allylic oxidation sites excluding steroid dienone is 1. The van der Waals surface area contributed by atoms with Crippen molar-refractivity contribution in [2.24, 2.45) is 0 Å². The molecule has 29 heavy (non-hydrogen) atoms. The van der Waals surface area contributed by atoms with Crippen molar-refractivity contribution in [3.8, 4) is 0 Å². The summed E-state index contributed by atoms with van der Waals surface area (Å²) in [5.74, 6) is -3.31. The summed E-state index contributed by atoms with van der Waals surface area (Å²) < 4.78 is 27.4. The van der Waals surface area contributed by atoms with Gasteiger partial charge in [-0.3, -0.25) is 9.59 Å². The predicted octanol–water partition coefficient (Wildman–Crippen LogP) is 2.82. The maximum atomic E-state index is 13.7. The normalized spacial score (nSPS) is 14.4. The number of piperazine rings is 1. The van der Waals surface area contributed by atoms with E-state index in [0.717, 1.165) is 0 Å². The summed E-state index contributed by atoms with van der Waals surface area (Å²) in [4.78, 5) is 36.7. The Morgan fingerprint density at radius 1 is 1.00 bits per heavy atom. The van der Waals surface area contributed by atoms with Crippen LogP contribution >= 0.6 is 0 Å². The van der Waals surface area contributed by atoms with Crippen LogP contribution in [0.5, 0.6) is 0 Å². The van der Waals surface area contributed by atoms with Gasteiger partial charge in [-0.15, -0.1) is 0 Å². The highest BCUT2D eigenvalue weighted by Crippen LogP contribution is 2.29. The lowest BCUT2D eigenvalue weighted by molar-refractivity contribution is -0.126. The molecular formula is C21H20F2N4O2. The number of halogens is 2. The number of rotatable bonds is 6. The van der Waals surface area contributed by atoms with Gasteiger partial charge in [-0.1, -0.05) is 37.4 Å². The second kappa shape index (κ2) is 8.30. The zero-order chi connectivity index (χ0) is 21.0. The largest absolute Gasteiger partial charge is 0.351 e. The van der Waals surface area contributed by atoms with E-state index < -0.39 is 11.7 Å². The van der Waals surface area contributed by atoms with Crippen LogP contribution < -0.4 is 4.90 Å². The number of carbonyl (C=O) groups is 2. The number of hydrogen-bond donors (Lipinski definition) is 0. The molecule has 0 atom stereocenters. The van der Waals surface area contributed by atoms with Crippen molar-refractivity contribution < 1.29 is 18.4 Å². The Hall–Kier alpha value is -3.42. The zero-order valence-electron chi connectivity index (χ0n) is 15.7. The van der Waals surface area contributed by atoms with E-state index in [1.807, 2.05) is 4.90 Å². The van der Waals surface area contributed by atoms with Gasteiger partial charge < -0.3 is 9.80 Å². The Morgan fingerprint density at radius 2 is 1.62 bits per heavy atom. The number of alkyl halides is 2. The monoisotopic (exact) mass is 398 g/mol. The van der Waals surface area contributed by atoms with Crippen molar-refractivity contribution in [1.82, 2.24) is 14.9 Å². The van der Waals surface area contributed by atoms with Gasteiger partial charge in [0.25, 0.3) is 5.92 Å². The Balaban J connectivity index is 1.82. The Kier molecular flexibility index (Phi) is 5.81. The van der Waals surface area contributed by atoms with Gasteiger partial charge in [-0.25, -0.2) is 9.97 Å². The molecule has 0 bridgehead atoms. The van der Waals surface area contributed by atoms with Gasteiger partial charge in [0.05, 0.1) is 0 Å². The smallest absolute Gasteiger partial charge is 0.291 e. The molecule has 6 nitrogen and oxygen atoms in total. The maximum absolute atomic E-state index is 13.7. The number of anilines is 1. The summed E-state index contributed by atoms with van der Waals surface area (Å²) >= 11 is 0. The van der Waals surface area contributed by atoms with E-state index in [4.69, 9.17) is 0 Å². The molecule has 0 N–H and O–H groups in total. The minimum Gasteiger partial charge on any atom is -0.351 e. The summed E-state index contributed by atoms with van der Waals surface area (Å²) in [7, 11) is 0. The highest BCUT2D eigenvalue weighted by atomic mass is 19.3. The van der Waals surface area contributed by atoms with Gasteiger partial charge in [0.15, 0.2) is 11.5 Å². The molecule has 0 spiro atoms. The third kappa shape index (κ3) is 4.21. The van der Waals surface area contributed by atoms with Crippen molar-refractivity contribution in [3.63, 3.8) is 0 Å². The number of amides is 1. The van der Waals surface area contributed by atoms with E-state index in [9.17, 15) is 18.4 Å². The molecule has 3 rings (SSSR count). The molecule has 1 aliphatic rings. The number of nitrogens with zero attached hydrogens (tertiary/aromatic N) is 4. The molecule has 1 aromatic heterocycles. The Morgan fingerprint density at radius 3 is 2.21 bits per heavy atom. The molecule has 150 valence electrons.